The summed E-state index contributed by atoms with van der Waals surface area (Å²) >= 11 is 0. The highest BCUT2D eigenvalue weighted by atomic mass is 16.5. The molecule has 0 atom stereocenters. The van der Waals surface area contributed by atoms with Crippen molar-refractivity contribution in [2.45, 2.75) is 45.1 Å². The Hall–Kier alpha value is -0.900. The van der Waals surface area contributed by atoms with Crippen LogP contribution in [0.3, 0.4) is 0 Å². The first-order valence-electron chi connectivity index (χ1n) is 6.35. The van der Waals surface area contributed by atoms with Crippen LogP contribution in [0.15, 0.2) is 4.52 Å². The Bertz CT molecular complexity index is 343. The van der Waals surface area contributed by atoms with E-state index < -0.39 is 0 Å². The number of rotatable bonds is 6. The molecule has 0 spiro atoms. The lowest BCUT2D eigenvalue weighted by Gasteiger charge is -2.16. The molecule has 1 heterocycles. The second kappa shape index (κ2) is 4.17. The van der Waals surface area contributed by atoms with Gasteiger partial charge in [-0.15, -0.1) is 0 Å². The normalized spacial score (nSPS) is 20.6. The second-order valence-electron chi connectivity index (χ2n) is 5.14. The zero-order valence-corrected chi connectivity index (χ0v) is 9.78. The van der Waals surface area contributed by atoms with Crippen molar-refractivity contribution in [2.75, 3.05) is 6.54 Å². The number of nitrogens with one attached hydrogen (secondary N) is 1. The number of aromatic nitrogens is 2. The van der Waals surface area contributed by atoms with Gasteiger partial charge in [0.2, 0.25) is 5.89 Å². The molecule has 1 N–H and O–H groups in total. The maximum atomic E-state index is 5.10. The number of hydrogen-bond acceptors (Lipinski definition) is 4. The maximum absolute atomic E-state index is 5.10. The lowest BCUT2D eigenvalue weighted by atomic mass is 10.1. The molecule has 2 aliphatic carbocycles. The summed E-state index contributed by atoms with van der Waals surface area (Å²) in [4.78, 5) is 4.21. The Morgan fingerprint density at radius 2 is 2.00 bits per heavy atom. The second-order valence-corrected chi connectivity index (χ2v) is 5.14. The van der Waals surface area contributed by atoms with Crippen LogP contribution >= 0.6 is 0 Å². The molecular formula is C12H19N3O. The molecule has 3 rings (SSSR count). The average Bonchev–Trinajstić information content (AvgIpc) is 3.15. The third-order valence-electron chi connectivity index (χ3n) is 3.55. The van der Waals surface area contributed by atoms with Gasteiger partial charge in [-0.1, -0.05) is 5.16 Å². The Labute approximate surface area is 95.8 Å². The third kappa shape index (κ3) is 2.43. The van der Waals surface area contributed by atoms with Crippen LogP contribution in [0.1, 0.15) is 37.4 Å². The summed E-state index contributed by atoms with van der Waals surface area (Å²) in [7, 11) is 0. The highest BCUT2D eigenvalue weighted by Crippen LogP contribution is 2.44. The molecule has 4 nitrogen and oxygen atoms in total. The fourth-order valence-electron chi connectivity index (χ4n) is 2.42. The third-order valence-corrected chi connectivity index (χ3v) is 3.55. The van der Waals surface area contributed by atoms with Gasteiger partial charge in [-0.3, -0.25) is 0 Å². The smallest absolute Gasteiger partial charge is 0.227 e. The zero-order chi connectivity index (χ0) is 11.0. The van der Waals surface area contributed by atoms with Crippen molar-refractivity contribution in [3.8, 4) is 0 Å². The molecule has 2 saturated carbocycles. The molecule has 4 heteroatoms. The van der Waals surface area contributed by atoms with Crippen LogP contribution in [0.4, 0.5) is 0 Å². The van der Waals surface area contributed by atoms with E-state index in [0.717, 1.165) is 42.6 Å². The fraction of sp³-hybridized carbons (Fsp3) is 0.833. The van der Waals surface area contributed by atoms with E-state index in [0.29, 0.717) is 0 Å². The topological polar surface area (TPSA) is 51.0 Å². The molecule has 0 radical (unpaired) electrons. The number of nitrogens with zero attached hydrogens (tertiary/aromatic N) is 2. The zero-order valence-electron chi connectivity index (χ0n) is 9.78. The van der Waals surface area contributed by atoms with Crippen molar-refractivity contribution in [1.82, 2.24) is 15.5 Å². The molecule has 0 saturated heterocycles. The van der Waals surface area contributed by atoms with E-state index >= 15 is 0 Å². The first-order chi connectivity index (χ1) is 7.83. The van der Waals surface area contributed by atoms with Gasteiger partial charge in [0.15, 0.2) is 5.82 Å². The van der Waals surface area contributed by atoms with E-state index in [1.54, 1.807) is 0 Å². The van der Waals surface area contributed by atoms with E-state index in [4.69, 9.17) is 4.52 Å². The molecule has 0 aliphatic heterocycles. The molecule has 2 fully saturated rings. The number of aryl methyl sites for hydroxylation is 1. The SMILES string of the molecule is Cc1noc(CCNC(C2CC2)C2CC2)n1. The highest BCUT2D eigenvalue weighted by Gasteiger charge is 2.40. The fourth-order valence-corrected chi connectivity index (χ4v) is 2.42. The summed E-state index contributed by atoms with van der Waals surface area (Å²) in [6.07, 6.45) is 6.56. The minimum atomic E-state index is 0.732. The van der Waals surface area contributed by atoms with Gasteiger partial charge in [-0.2, -0.15) is 4.98 Å². The monoisotopic (exact) mass is 221 g/mol. The van der Waals surface area contributed by atoms with E-state index in [9.17, 15) is 0 Å². The lowest BCUT2D eigenvalue weighted by Crippen LogP contribution is -2.34. The van der Waals surface area contributed by atoms with Crippen molar-refractivity contribution >= 4 is 0 Å². The predicted octanol–water partition coefficient (Wildman–Crippen LogP) is 1.70. The van der Waals surface area contributed by atoms with Gasteiger partial charge in [-0.05, 0) is 44.4 Å². The molecule has 0 unspecified atom stereocenters. The van der Waals surface area contributed by atoms with Gasteiger partial charge in [0.25, 0.3) is 0 Å². The van der Waals surface area contributed by atoms with Crippen LogP contribution in [-0.4, -0.2) is 22.7 Å². The minimum Gasteiger partial charge on any atom is -0.339 e. The van der Waals surface area contributed by atoms with Gasteiger partial charge in [0.05, 0.1) is 0 Å². The van der Waals surface area contributed by atoms with Gasteiger partial charge in [0, 0.05) is 19.0 Å². The van der Waals surface area contributed by atoms with E-state index in [-0.39, 0.29) is 0 Å². The standard InChI is InChI=1S/C12H19N3O/c1-8-14-11(16-15-8)6-7-13-12(9-2-3-9)10-4-5-10/h9-10,12-13H,2-7H2,1H3. The molecule has 0 aromatic carbocycles. The van der Waals surface area contributed by atoms with E-state index in [2.05, 4.69) is 15.5 Å². The molecule has 1 aromatic rings. The van der Waals surface area contributed by atoms with E-state index in [1.165, 1.54) is 25.7 Å². The van der Waals surface area contributed by atoms with Crippen molar-refractivity contribution in [2.24, 2.45) is 11.8 Å². The summed E-state index contributed by atoms with van der Waals surface area (Å²) in [5.41, 5.74) is 0. The van der Waals surface area contributed by atoms with Gasteiger partial charge < -0.3 is 9.84 Å². The quantitative estimate of drug-likeness (QED) is 0.794. The van der Waals surface area contributed by atoms with E-state index in [1.807, 2.05) is 6.92 Å². The van der Waals surface area contributed by atoms with Crippen molar-refractivity contribution in [3.05, 3.63) is 11.7 Å². The summed E-state index contributed by atoms with van der Waals surface area (Å²) < 4.78 is 5.10. The number of hydrogen-bond donors (Lipinski definition) is 1. The first-order valence-corrected chi connectivity index (χ1v) is 6.35. The molecule has 1 aromatic heterocycles. The largest absolute Gasteiger partial charge is 0.339 e. The molecule has 0 amide bonds. The Balaban J connectivity index is 1.44. The van der Waals surface area contributed by atoms with Crippen LogP contribution < -0.4 is 5.32 Å². The van der Waals surface area contributed by atoms with Crippen molar-refractivity contribution in [3.63, 3.8) is 0 Å². The molecular weight excluding hydrogens is 202 g/mol. The van der Waals surface area contributed by atoms with Crippen molar-refractivity contribution in [1.29, 1.82) is 0 Å². The average molecular weight is 221 g/mol. The van der Waals surface area contributed by atoms with Crippen molar-refractivity contribution < 1.29 is 4.52 Å². The maximum Gasteiger partial charge on any atom is 0.227 e. The predicted molar refractivity (Wildman–Crippen MR) is 60.0 cm³/mol. The van der Waals surface area contributed by atoms with Crippen LogP contribution in [0.5, 0.6) is 0 Å². The molecule has 88 valence electrons. The molecule has 2 aliphatic rings. The Morgan fingerprint density at radius 3 is 2.50 bits per heavy atom. The summed E-state index contributed by atoms with van der Waals surface area (Å²) in [5.74, 6) is 3.40. The van der Waals surface area contributed by atoms with Gasteiger partial charge in [-0.25, -0.2) is 0 Å². The highest BCUT2D eigenvalue weighted by molar-refractivity contribution is 4.96. The summed E-state index contributed by atoms with van der Waals surface area (Å²) in [5, 5.41) is 7.47. The van der Waals surface area contributed by atoms with Gasteiger partial charge >= 0.3 is 0 Å². The van der Waals surface area contributed by atoms with Gasteiger partial charge in [0.1, 0.15) is 0 Å². The van der Waals surface area contributed by atoms with Crippen LogP contribution in [0.2, 0.25) is 0 Å². The van der Waals surface area contributed by atoms with Crippen LogP contribution in [0, 0.1) is 18.8 Å². The Kier molecular flexibility index (Phi) is 2.67. The van der Waals surface area contributed by atoms with Crippen LogP contribution in [-0.2, 0) is 6.42 Å². The van der Waals surface area contributed by atoms with Crippen LogP contribution in [0.25, 0.3) is 0 Å². The first kappa shape index (κ1) is 10.3. The summed E-state index contributed by atoms with van der Waals surface area (Å²) in [6.45, 7) is 2.83. The molecule has 16 heavy (non-hydrogen) atoms. The minimum absolute atomic E-state index is 0.732. The summed E-state index contributed by atoms with van der Waals surface area (Å²) in [6, 6.07) is 0.768. The molecule has 0 bridgehead atoms. The lowest BCUT2D eigenvalue weighted by molar-refractivity contribution is 0.360. The Morgan fingerprint density at radius 1 is 1.31 bits per heavy atom.